The molecule has 1 fully saturated rings. The van der Waals surface area contributed by atoms with E-state index in [2.05, 4.69) is 5.32 Å². The predicted molar refractivity (Wildman–Crippen MR) is 110 cm³/mol. The van der Waals surface area contributed by atoms with Crippen LogP contribution in [-0.4, -0.2) is 36.7 Å². The van der Waals surface area contributed by atoms with Gasteiger partial charge in [-0.1, -0.05) is 18.2 Å². The van der Waals surface area contributed by atoms with E-state index in [9.17, 15) is 4.79 Å². The van der Waals surface area contributed by atoms with Gasteiger partial charge in [-0.25, -0.2) is 0 Å². The Kier molecular flexibility index (Phi) is 4.93. The molecule has 5 rings (SSSR count). The first-order valence-electron chi connectivity index (χ1n) is 10.0. The van der Waals surface area contributed by atoms with Crippen molar-refractivity contribution in [3.8, 4) is 23.2 Å². The van der Waals surface area contributed by atoms with Crippen LogP contribution in [0.5, 0.6) is 23.2 Å². The largest absolute Gasteiger partial charge is 0.454 e. The molecule has 154 valence electrons. The second-order valence-electron chi connectivity index (χ2n) is 7.34. The fourth-order valence-electron chi connectivity index (χ4n) is 3.75. The van der Waals surface area contributed by atoms with Gasteiger partial charge in [0, 0.05) is 37.0 Å². The Hall–Kier alpha value is -3.61. The monoisotopic (exact) mass is 406 g/mol. The SMILES string of the molecule is O=C(c1ccc(Oc2ccccc2)o1)N1CCCC(Nc2ccc3c(c2)OCO3)C1. The van der Waals surface area contributed by atoms with Gasteiger partial charge in [0.05, 0.1) is 0 Å². The van der Waals surface area contributed by atoms with E-state index in [1.54, 1.807) is 12.1 Å². The van der Waals surface area contributed by atoms with Gasteiger partial charge in [-0.2, -0.15) is 0 Å². The van der Waals surface area contributed by atoms with Crippen LogP contribution in [0.4, 0.5) is 5.69 Å². The minimum absolute atomic E-state index is 0.130. The van der Waals surface area contributed by atoms with E-state index >= 15 is 0 Å². The number of benzene rings is 2. The predicted octanol–water partition coefficient (Wildman–Crippen LogP) is 4.52. The number of carbonyl (C=O) groups excluding carboxylic acids is 1. The summed E-state index contributed by atoms with van der Waals surface area (Å²) in [6.45, 7) is 1.56. The molecule has 2 aliphatic rings. The van der Waals surface area contributed by atoms with Crippen molar-refractivity contribution >= 4 is 11.6 Å². The third-order valence-corrected chi connectivity index (χ3v) is 5.21. The number of furan rings is 1. The summed E-state index contributed by atoms with van der Waals surface area (Å²) >= 11 is 0. The van der Waals surface area contributed by atoms with Gasteiger partial charge in [-0.3, -0.25) is 4.79 Å². The molecule has 3 aromatic rings. The summed E-state index contributed by atoms with van der Waals surface area (Å²) in [5.74, 6) is 2.62. The maximum atomic E-state index is 12.9. The molecule has 2 aromatic carbocycles. The number of anilines is 1. The third kappa shape index (κ3) is 3.91. The molecule has 0 spiro atoms. The van der Waals surface area contributed by atoms with Crippen molar-refractivity contribution in [3.05, 3.63) is 66.4 Å². The number of carbonyl (C=O) groups is 1. The van der Waals surface area contributed by atoms with Gasteiger partial charge in [0.15, 0.2) is 17.3 Å². The Morgan fingerprint density at radius 1 is 1.03 bits per heavy atom. The second kappa shape index (κ2) is 8.02. The summed E-state index contributed by atoms with van der Waals surface area (Å²) in [4.78, 5) is 14.7. The molecular weight excluding hydrogens is 384 g/mol. The minimum Gasteiger partial charge on any atom is -0.454 e. The average molecular weight is 406 g/mol. The Morgan fingerprint density at radius 2 is 1.90 bits per heavy atom. The van der Waals surface area contributed by atoms with Gasteiger partial charge >= 0.3 is 0 Å². The van der Waals surface area contributed by atoms with E-state index < -0.39 is 0 Å². The highest BCUT2D eigenvalue weighted by molar-refractivity contribution is 5.91. The topological polar surface area (TPSA) is 73.2 Å². The Labute approximate surface area is 174 Å². The molecule has 0 saturated carbocycles. The number of piperidine rings is 1. The lowest BCUT2D eigenvalue weighted by Gasteiger charge is -2.33. The molecule has 3 heterocycles. The second-order valence-corrected chi connectivity index (χ2v) is 7.34. The van der Waals surface area contributed by atoms with Crippen LogP contribution in [0.3, 0.4) is 0 Å². The zero-order valence-corrected chi connectivity index (χ0v) is 16.4. The van der Waals surface area contributed by atoms with Crippen molar-refractivity contribution in [2.75, 3.05) is 25.2 Å². The minimum atomic E-state index is -0.130. The number of nitrogens with zero attached hydrogens (tertiary/aromatic N) is 1. The van der Waals surface area contributed by atoms with E-state index in [4.69, 9.17) is 18.6 Å². The van der Waals surface area contributed by atoms with Crippen molar-refractivity contribution in [3.63, 3.8) is 0 Å². The summed E-state index contributed by atoms with van der Waals surface area (Å²) in [6.07, 6.45) is 1.90. The zero-order valence-electron chi connectivity index (χ0n) is 16.4. The van der Waals surface area contributed by atoms with Crippen LogP contribution in [0.15, 0.2) is 65.1 Å². The fraction of sp³-hybridized carbons (Fsp3) is 0.261. The molecule has 7 heteroatoms. The molecule has 1 saturated heterocycles. The van der Waals surface area contributed by atoms with Crippen LogP contribution < -0.4 is 19.5 Å². The molecule has 1 amide bonds. The molecule has 2 aliphatic heterocycles. The van der Waals surface area contributed by atoms with E-state index in [0.29, 0.717) is 24.8 Å². The first-order chi connectivity index (χ1) is 14.7. The van der Waals surface area contributed by atoms with E-state index in [1.807, 2.05) is 53.4 Å². The van der Waals surface area contributed by atoms with E-state index in [0.717, 1.165) is 30.0 Å². The molecule has 0 radical (unpaired) electrons. The summed E-state index contributed by atoms with van der Waals surface area (Å²) in [5.41, 5.74) is 0.954. The van der Waals surface area contributed by atoms with Crippen molar-refractivity contribution in [2.45, 2.75) is 18.9 Å². The van der Waals surface area contributed by atoms with Crippen LogP contribution in [0.2, 0.25) is 0 Å². The van der Waals surface area contributed by atoms with Gasteiger partial charge in [0.1, 0.15) is 5.75 Å². The summed E-state index contributed by atoms with van der Waals surface area (Å²) in [6, 6.07) is 18.6. The van der Waals surface area contributed by atoms with Gasteiger partial charge in [-0.15, -0.1) is 0 Å². The molecule has 1 unspecified atom stereocenters. The summed E-state index contributed by atoms with van der Waals surface area (Å²) in [7, 11) is 0. The molecule has 1 N–H and O–H groups in total. The van der Waals surface area contributed by atoms with Crippen LogP contribution >= 0.6 is 0 Å². The highest BCUT2D eigenvalue weighted by atomic mass is 16.7. The summed E-state index contributed by atoms with van der Waals surface area (Å²) < 4.78 is 22.1. The number of amides is 1. The number of likely N-dealkylation sites (tertiary alicyclic amines) is 1. The normalized spacial score (nSPS) is 17.6. The van der Waals surface area contributed by atoms with E-state index in [-0.39, 0.29) is 24.5 Å². The first-order valence-corrected chi connectivity index (χ1v) is 10.0. The molecular formula is C23H22N2O5. The standard InChI is InChI=1S/C23H22N2O5/c26-23(20-10-11-22(30-20)29-18-6-2-1-3-7-18)25-12-4-5-17(14-25)24-16-8-9-19-21(13-16)28-15-27-19/h1-3,6-11,13,17,24H,4-5,12,14-15H2. The average Bonchev–Trinajstić information content (AvgIpc) is 3.43. The lowest BCUT2D eigenvalue weighted by Crippen LogP contribution is -2.45. The fourth-order valence-corrected chi connectivity index (χ4v) is 3.75. The smallest absolute Gasteiger partial charge is 0.290 e. The van der Waals surface area contributed by atoms with Gasteiger partial charge < -0.3 is 28.8 Å². The number of fused-ring (bicyclic) bond motifs is 1. The van der Waals surface area contributed by atoms with Crippen LogP contribution in [0, 0.1) is 0 Å². The Morgan fingerprint density at radius 3 is 2.80 bits per heavy atom. The highest BCUT2D eigenvalue weighted by Crippen LogP contribution is 2.34. The Bertz CT molecular complexity index is 1030. The molecule has 1 aromatic heterocycles. The number of hydrogen-bond donors (Lipinski definition) is 1. The quantitative estimate of drug-likeness (QED) is 0.672. The number of rotatable bonds is 5. The maximum Gasteiger partial charge on any atom is 0.290 e. The van der Waals surface area contributed by atoms with Gasteiger partial charge in [0.25, 0.3) is 11.9 Å². The number of nitrogens with one attached hydrogen (secondary N) is 1. The third-order valence-electron chi connectivity index (χ3n) is 5.21. The summed E-state index contributed by atoms with van der Waals surface area (Å²) in [5, 5.41) is 3.50. The van der Waals surface area contributed by atoms with E-state index in [1.165, 1.54) is 0 Å². The number of ether oxygens (including phenoxy) is 3. The van der Waals surface area contributed by atoms with Crippen LogP contribution in [-0.2, 0) is 0 Å². The van der Waals surface area contributed by atoms with Crippen molar-refractivity contribution in [1.29, 1.82) is 0 Å². The molecule has 0 aliphatic carbocycles. The lowest BCUT2D eigenvalue weighted by atomic mass is 10.0. The number of hydrogen-bond acceptors (Lipinski definition) is 6. The van der Waals surface area contributed by atoms with Gasteiger partial charge in [0.2, 0.25) is 6.79 Å². The molecule has 30 heavy (non-hydrogen) atoms. The highest BCUT2D eigenvalue weighted by Gasteiger charge is 2.27. The molecule has 7 nitrogen and oxygen atoms in total. The van der Waals surface area contributed by atoms with Crippen molar-refractivity contribution in [2.24, 2.45) is 0 Å². The lowest BCUT2D eigenvalue weighted by molar-refractivity contribution is 0.0677. The molecule has 1 atom stereocenters. The van der Waals surface area contributed by atoms with Crippen molar-refractivity contribution < 1.29 is 23.4 Å². The maximum absolute atomic E-state index is 12.9. The van der Waals surface area contributed by atoms with Crippen LogP contribution in [0.25, 0.3) is 0 Å². The Balaban J connectivity index is 1.22. The zero-order chi connectivity index (χ0) is 20.3. The first kappa shape index (κ1) is 18.4. The number of para-hydroxylation sites is 1. The van der Waals surface area contributed by atoms with Gasteiger partial charge in [-0.05, 0) is 43.2 Å². The van der Waals surface area contributed by atoms with Crippen molar-refractivity contribution in [1.82, 2.24) is 4.90 Å². The van der Waals surface area contributed by atoms with Crippen LogP contribution in [0.1, 0.15) is 23.4 Å². The molecule has 0 bridgehead atoms.